The summed E-state index contributed by atoms with van der Waals surface area (Å²) in [5.41, 5.74) is 1.28. The van der Waals surface area contributed by atoms with Crippen molar-refractivity contribution in [3.05, 3.63) is 53.3 Å². The van der Waals surface area contributed by atoms with Crippen LogP contribution in [0.2, 0.25) is 0 Å². The highest BCUT2D eigenvalue weighted by Crippen LogP contribution is 2.34. The van der Waals surface area contributed by atoms with E-state index in [1.165, 1.54) is 12.1 Å². The predicted octanol–water partition coefficient (Wildman–Crippen LogP) is 4.76. The van der Waals surface area contributed by atoms with Crippen molar-refractivity contribution in [1.29, 1.82) is 0 Å². The molecule has 2 aromatic rings. The molecule has 1 aliphatic rings. The summed E-state index contributed by atoms with van der Waals surface area (Å²) in [7, 11) is 1.55. The van der Waals surface area contributed by atoms with Gasteiger partial charge in [-0.05, 0) is 48.9 Å². The van der Waals surface area contributed by atoms with Gasteiger partial charge in [0.25, 0.3) is 5.91 Å². The van der Waals surface area contributed by atoms with Crippen molar-refractivity contribution in [1.82, 2.24) is 4.90 Å². The third kappa shape index (κ3) is 5.38. The number of benzene rings is 2. The van der Waals surface area contributed by atoms with Crippen LogP contribution in [0.25, 0.3) is 0 Å². The number of thioether (sulfide) groups is 1. The van der Waals surface area contributed by atoms with Crippen molar-refractivity contribution in [3.8, 4) is 5.75 Å². The Morgan fingerprint density at radius 2 is 1.73 bits per heavy atom. The Balaban J connectivity index is 1.67. The number of hydrogen-bond acceptors (Lipinski definition) is 4. The molecule has 0 radical (unpaired) electrons. The highest BCUT2D eigenvalue weighted by Gasteiger charge is 2.28. The molecule has 1 amide bonds. The summed E-state index contributed by atoms with van der Waals surface area (Å²) in [5, 5.41) is 0. The summed E-state index contributed by atoms with van der Waals surface area (Å²) in [6, 6.07) is 9.55. The molecule has 0 aliphatic carbocycles. The van der Waals surface area contributed by atoms with Crippen LogP contribution >= 0.6 is 11.8 Å². The zero-order valence-corrected chi connectivity index (χ0v) is 17.4. The number of halogens is 4. The van der Waals surface area contributed by atoms with E-state index in [2.05, 4.69) is 0 Å². The smallest absolute Gasteiger partial charge is 0.398 e. The summed E-state index contributed by atoms with van der Waals surface area (Å²) in [5.74, 6) is -0.962. The van der Waals surface area contributed by atoms with Crippen LogP contribution in [0.4, 0.5) is 23.2 Å². The van der Waals surface area contributed by atoms with E-state index in [4.69, 9.17) is 4.74 Å². The fourth-order valence-electron chi connectivity index (χ4n) is 3.27. The SMILES string of the molecule is COc1ccc(C(=O)N2CCN(c3cc(SCC(F)(F)F)c(C)cc3F)CC2)cc1. The van der Waals surface area contributed by atoms with E-state index in [0.29, 0.717) is 59.7 Å². The topological polar surface area (TPSA) is 32.8 Å². The molecule has 0 unspecified atom stereocenters. The summed E-state index contributed by atoms with van der Waals surface area (Å²) in [6.45, 7) is 3.17. The Kier molecular flexibility index (Phi) is 6.80. The van der Waals surface area contributed by atoms with Crippen molar-refractivity contribution >= 4 is 23.4 Å². The number of carbonyl (C=O) groups is 1. The normalized spacial score (nSPS) is 14.7. The van der Waals surface area contributed by atoms with Gasteiger partial charge in [0.1, 0.15) is 11.6 Å². The van der Waals surface area contributed by atoms with Crippen LogP contribution in [-0.2, 0) is 0 Å². The Morgan fingerprint density at radius 1 is 1.10 bits per heavy atom. The quantitative estimate of drug-likeness (QED) is 0.494. The molecule has 4 nitrogen and oxygen atoms in total. The molecule has 0 atom stereocenters. The molecule has 0 saturated carbocycles. The van der Waals surface area contributed by atoms with E-state index < -0.39 is 17.7 Å². The lowest BCUT2D eigenvalue weighted by Gasteiger charge is -2.36. The van der Waals surface area contributed by atoms with Gasteiger partial charge in [-0.3, -0.25) is 4.79 Å². The van der Waals surface area contributed by atoms with Gasteiger partial charge in [0, 0.05) is 36.6 Å². The average molecular weight is 442 g/mol. The molecule has 1 saturated heterocycles. The number of hydrogen-bond donors (Lipinski definition) is 0. The van der Waals surface area contributed by atoms with Gasteiger partial charge in [-0.15, -0.1) is 11.8 Å². The minimum Gasteiger partial charge on any atom is -0.497 e. The standard InChI is InChI=1S/C21H22F4N2O2S/c1-14-11-17(22)18(12-19(14)30-13-21(23,24)25)26-7-9-27(10-8-26)20(28)15-3-5-16(29-2)6-4-15/h3-6,11-12H,7-10,13H2,1-2H3. The number of aryl methyl sites for hydroxylation is 1. The van der Waals surface area contributed by atoms with E-state index in [-0.39, 0.29) is 11.6 Å². The van der Waals surface area contributed by atoms with Crippen LogP contribution in [0.3, 0.4) is 0 Å². The molecule has 3 rings (SSSR count). The molecular formula is C21H22F4N2O2S. The summed E-state index contributed by atoms with van der Waals surface area (Å²) in [6.07, 6.45) is -4.29. The molecule has 1 aliphatic heterocycles. The van der Waals surface area contributed by atoms with E-state index in [9.17, 15) is 22.4 Å². The molecule has 0 bridgehead atoms. The molecule has 0 spiro atoms. The molecule has 2 aromatic carbocycles. The van der Waals surface area contributed by atoms with Crippen LogP contribution in [0.5, 0.6) is 5.75 Å². The van der Waals surface area contributed by atoms with Gasteiger partial charge in [-0.1, -0.05) is 0 Å². The Bertz CT molecular complexity index is 895. The van der Waals surface area contributed by atoms with Crippen LogP contribution < -0.4 is 9.64 Å². The lowest BCUT2D eigenvalue weighted by Crippen LogP contribution is -2.49. The third-order valence-electron chi connectivity index (χ3n) is 4.88. The fraction of sp³-hybridized carbons (Fsp3) is 0.381. The molecule has 0 N–H and O–H groups in total. The number of piperazine rings is 1. The highest BCUT2D eigenvalue weighted by molar-refractivity contribution is 7.99. The van der Waals surface area contributed by atoms with Crippen molar-refractivity contribution in [2.24, 2.45) is 0 Å². The lowest BCUT2D eigenvalue weighted by molar-refractivity contribution is -0.105. The van der Waals surface area contributed by atoms with Crippen molar-refractivity contribution in [3.63, 3.8) is 0 Å². The van der Waals surface area contributed by atoms with Gasteiger partial charge >= 0.3 is 6.18 Å². The first-order valence-corrected chi connectivity index (χ1v) is 10.3. The molecule has 1 fully saturated rings. The van der Waals surface area contributed by atoms with Gasteiger partial charge in [-0.25, -0.2) is 4.39 Å². The fourth-order valence-corrected chi connectivity index (χ4v) is 4.07. The number of amides is 1. The number of methoxy groups -OCH3 is 1. The maximum Gasteiger partial charge on any atom is 0.398 e. The number of anilines is 1. The highest BCUT2D eigenvalue weighted by atomic mass is 32.2. The number of ether oxygens (including phenoxy) is 1. The van der Waals surface area contributed by atoms with Gasteiger partial charge in [-0.2, -0.15) is 13.2 Å². The zero-order valence-electron chi connectivity index (χ0n) is 16.6. The summed E-state index contributed by atoms with van der Waals surface area (Å²) in [4.78, 5) is 16.5. The maximum absolute atomic E-state index is 14.5. The number of rotatable bonds is 5. The second-order valence-electron chi connectivity index (χ2n) is 6.98. The Morgan fingerprint density at radius 3 is 2.30 bits per heavy atom. The molecule has 0 aromatic heterocycles. The minimum atomic E-state index is -4.29. The molecular weight excluding hydrogens is 420 g/mol. The first kappa shape index (κ1) is 22.3. The van der Waals surface area contributed by atoms with E-state index in [1.807, 2.05) is 0 Å². The maximum atomic E-state index is 14.5. The van der Waals surface area contributed by atoms with Gasteiger partial charge in [0.15, 0.2) is 0 Å². The second-order valence-corrected chi connectivity index (χ2v) is 8.00. The number of alkyl halides is 3. The number of carbonyl (C=O) groups excluding carboxylic acids is 1. The van der Waals surface area contributed by atoms with Crippen molar-refractivity contribution in [2.45, 2.75) is 18.0 Å². The van der Waals surface area contributed by atoms with E-state index >= 15 is 0 Å². The van der Waals surface area contributed by atoms with Gasteiger partial charge in [0.2, 0.25) is 0 Å². The van der Waals surface area contributed by atoms with Crippen LogP contribution in [0.1, 0.15) is 15.9 Å². The lowest BCUT2D eigenvalue weighted by atomic mass is 10.1. The predicted molar refractivity (Wildman–Crippen MR) is 109 cm³/mol. The zero-order chi connectivity index (χ0) is 21.9. The first-order valence-electron chi connectivity index (χ1n) is 9.36. The summed E-state index contributed by atoms with van der Waals surface area (Å²) < 4.78 is 57.3. The second kappa shape index (κ2) is 9.16. The third-order valence-corrected chi connectivity index (χ3v) is 6.10. The largest absolute Gasteiger partial charge is 0.497 e. The Hall–Kier alpha value is -2.42. The van der Waals surface area contributed by atoms with E-state index in [1.54, 1.807) is 48.1 Å². The van der Waals surface area contributed by atoms with Crippen LogP contribution in [0, 0.1) is 12.7 Å². The molecule has 1 heterocycles. The van der Waals surface area contributed by atoms with Crippen LogP contribution in [-0.4, -0.2) is 56.0 Å². The van der Waals surface area contributed by atoms with Gasteiger partial charge < -0.3 is 14.5 Å². The van der Waals surface area contributed by atoms with Crippen LogP contribution in [0.15, 0.2) is 41.3 Å². The minimum absolute atomic E-state index is 0.122. The number of nitrogens with zero attached hydrogens (tertiary/aromatic N) is 2. The first-order chi connectivity index (χ1) is 14.2. The Labute approximate surface area is 176 Å². The van der Waals surface area contributed by atoms with Crippen molar-refractivity contribution in [2.75, 3.05) is 43.9 Å². The van der Waals surface area contributed by atoms with Crippen molar-refractivity contribution < 1.29 is 27.1 Å². The molecule has 30 heavy (non-hydrogen) atoms. The summed E-state index contributed by atoms with van der Waals surface area (Å²) >= 11 is 0.653. The average Bonchev–Trinajstić information content (AvgIpc) is 2.72. The monoisotopic (exact) mass is 442 g/mol. The van der Waals surface area contributed by atoms with Gasteiger partial charge in [0.05, 0.1) is 18.6 Å². The molecule has 9 heteroatoms. The van der Waals surface area contributed by atoms with E-state index in [0.717, 1.165) is 0 Å². The molecule has 162 valence electrons.